The van der Waals surface area contributed by atoms with Crippen molar-refractivity contribution in [1.82, 2.24) is 9.97 Å². The first kappa shape index (κ1) is 19.7. The molecule has 0 aliphatic rings. The van der Waals surface area contributed by atoms with E-state index in [4.69, 9.17) is 0 Å². The molecular formula is C18H21F3N4O. The molecule has 0 radical (unpaired) electrons. The van der Waals surface area contributed by atoms with Crippen LogP contribution in [0.25, 0.3) is 0 Å². The fraction of sp³-hybridized carbons (Fsp3) is 0.389. The monoisotopic (exact) mass is 366 g/mol. The van der Waals surface area contributed by atoms with E-state index in [1.54, 1.807) is 6.92 Å². The van der Waals surface area contributed by atoms with Gasteiger partial charge in [0.15, 0.2) is 0 Å². The van der Waals surface area contributed by atoms with Crippen LogP contribution in [0.4, 0.5) is 24.7 Å². The standard InChI is InChI=1S/C18H21F3N4O/c1-11(2)8-9-22-16-10-15(23-12(3)24-16)17(26)25-14-6-4-13(5-7-14)18(19,20)21/h4-7,10-11H,8-9H2,1-3H3,(H,25,26)(H,22,23,24). The molecule has 0 spiro atoms. The molecule has 2 rings (SSSR count). The number of alkyl halides is 3. The molecule has 0 atom stereocenters. The van der Waals surface area contributed by atoms with Gasteiger partial charge in [0, 0.05) is 18.3 Å². The summed E-state index contributed by atoms with van der Waals surface area (Å²) in [5, 5.41) is 5.69. The van der Waals surface area contributed by atoms with Crippen molar-refractivity contribution in [3.63, 3.8) is 0 Å². The average molecular weight is 366 g/mol. The molecule has 1 heterocycles. The molecule has 0 saturated heterocycles. The molecule has 5 nitrogen and oxygen atoms in total. The van der Waals surface area contributed by atoms with Crippen LogP contribution >= 0.6 is 0 Å². The molecule has 2 aromatic rings. The third-order valence-electron chi connectivity index (χ3n) is 3.57. The zero-order valence-corrected chi connectivity index (χ0v) is 14.8. The molecule has 2 N–H and O–H groups in total. The second kappa shape index (κ2) is 8.16. The molecule has 1 aromatic carbocycles. The summed E-state index contributed by atoms with van der Waals surface area (Å²) >= 11 is 0. The van der Waals surface area contributed by atoms with Crippen LogP contribution in [0.1, 0.15) is 42.1 Å². The summed E-state index contributed by atoms with van der Waals surface area (Å²) in [5.41, 5.74) is -0.372. The number of nitrogens with one attached hydrogen (secondary N) is 2. The number of rotatable bonds is 6. The van der Waals surface area contributed by atoms with Gasteiger partial charge in [-0.2, -0.15) is 13.2 Å². The second-order valence-electron chi connectivity index (χ2n) is 6.32. The Labute approximate surface area is 150 Å². The third-order valence-corrected chi connectivity index (χ3v) is 3.57. The fourth-order valence-corrected chi connectivity index (χ4v) is 2.20. The number of anilines is 2. The number of halogens is 3. The smallest absolute Gasteiger partial charge is 0.370 e. The molecule has 0 saturated carbocycles. The topological polar surface area (TPSA) is 66.9 Å². The maximum absolute atomic E-state index is 12.6. The van der Waals surface area contributed by atoms with E-state index in [1.807, 2.05) is 0 Å². The van der Waals surface area contributed by atoms with Crippen LogP contribution < -0.4 is 10.6 Å². The zero-order chi connectivity index (χ0) is 19.3. The van der Waals surface area contributed by atoms with Crippen molar-refractivity contribution in [3.05, 3.63) is 47.4 Å². The van der Waals surface area contributed by atoms with Crippen LogP contribution in [0.2, 0.25) is 0 Å². The van der Waals surface area contributed by atoms with Gasteiger partial charge in [0.25, 0.3) is 5.91 Å². The lowest BCUT2D eigenvalue weighted by atomic mass is 10.1. The Hall–Kier alpha value is -2.64. The van der Waals surface area contributed by atoms with E-state index in [0.717, 1.165) is 18.6 Å². The number of aromatic nitrogens is 2. The molecule has 0 bridgehead atoms. The van der Waals surface area contributed by atoms with Crippen LogP contribution in [-0.4, -0.2) is 22.4 Å². The van der Waals surface area contributed by atoms with Gasteiger partial charge in [-0.1, -0.05) is 13.8 Å². The molecule has 140 valence electrons. The predicted molar refractivity (Wildman–Crippen MR) is 94.1 cm³/mol. The average Bonchev–Trinajstić information content (AvgIpc) is 2.53. The number of carbonyl (C=O) groups excluding carboxylic acids is 1. The van der Waals surface area contributed by atoms with E-state index in [9.17, 15) is 18.0 Å². The lowest BCUT2D eigenvalue weighted by Gasteiger charge is -2.11. The SMILES string of the molecule is Cc1nc(NCCC(C)C)cc(C(=O)Nc2ccc(C(F)(F)F)cc2)n1. The molecule has 1 amide bonds. The van der Waals surface area contributed by atoms with Crippen molar-refractivity contribution in [2.45, 2.75) is 33.4 Å². The van der Waals surface area contributed by atoms with Gasteiger partial charge in [0.2, 0.25) is 0 Å². The molecule has 0 fully saturated rings. The molecule has 8 heteroatoms. The highest BCUT2D eigenvalue weighted by Crippen LogP contribution is 2.29. The maximum atomic E-state index is 12.6. The van der Waals surface area contributed by atoms with Crippen molar-refractivity contribution >= 4 is 17.4 Å². The Balaban J connectivity index is 2.08. The first-order valence-corrected chi connectivity index (χ1v) is 8.23. The summed E-state index contributed by atoms with van der Waals surface area (Å²) in [6, 6.07) is 5.76. The summed E-state index contributed by atoms with van der Waals surface area (Å²) < 4.78 is 37.7. The van der Waals surface area contributed by atoms with Gasteiger partial charge < -0.3 is 10.6 Å². The first-order valence-electron chi connectivity index (χ1n) is 8.23. The first-order chi connectivity index (χ1) is 12.1. The minimum Gasteiger partial charge on any atom is -0.370 e. The van der Waals surface area contributed by atoms with Crippen LogP contribution in [0, 0.1) is 12.8 Å². The van der Waals surface area contributed by atoms with Gasteiger partial charge in [0.1, 0.15) is 17.3 Å². The van der Waals surface area contributed by atoms with E-state index in [1.165, 1.54) is 18.2 Å². The number of aryl methyl sites for hydroxylation is 1. The summed E-state index contributed by atoms with van der Waals surface area (Å²) in [4.78, 5) is 20.6. The van der Waals surface area contributed by atoms with Crippen LogP contribution in [0.15, 0.2) is 30.3 Å². The van der Waals surface area contributed by atoms with Crippen molar-refractivity contribution in [2.24, 2.45) is 5.92 Å². The minimum absolute atomic E-state index is 0.143. The Bertz CT molecular complexity index is 758. The minimum atomic E-state index is -4.41. The van der Waals surface area contributed by atoms with E-state index < -0.39 is 17.6 Å². The number of carbonyl (C=O) groups is 1. The molecular weight excluding hydrogens is 345 g/mol. The molecule has 26 heavy (non-hydrogen) atoms. The summed E-state index contributed by atoms with van der Waals surface area (Å²) in [5.74, 6) is 0.989. The number of benzene rings is 1. The third kappa shape index (κ3) is 5.72. The van der Waals surface area contributed by atoms with Gasteiger partial charge in [-0.3, -0.25) is 4.79 Å². The zero-order valence-electron chi connectivity index (χ0n) is 14.8. The second-order valence-corrected chi connectivity index (χ2v) is 6.32. The van der Waals surface area contributed by atoms with Crippen molar-refractivity contribution < 1.29 is 18.0 Å². The highest BCUT2D eigenvalue weighted by Gasteiger charge is 2.30. The van der Waals surface area contributed by atoms with E-state index in [-0.39, 0.29) is 11.4 Å². The van der Waals surface area contributed by atoms with Gasteiger partial charge in [-0.05, 0) is 43.5 Å². The highest BCUT2D eigenvalue weighted by molar-refractivity contribution is 6.03. The van der Waals surface area contributed by atoms with E-state index in [2.05, 4.69) is 34.4 Å². The molecule has 1 aromatic heterocycles. The normalized spacial score (nSPS) is 11.5. The van der Waals surface area contributed by atoms with Gasteiger partial charge in [-0.25, -0.2) is 9.97 Å². The Morgan fingerprint density at radius 2 is 1.81 bits per heavy atom. The molecule has 0 aliphatic carbocycles. The quantitative estimate of drug-likeness (QED) is 0.789. The molecule has 0 aliphatic heterocycles. The Morgan fingerprint density at radius 1 is 1.15 bits per heavy atom. The summed E-state index contributed by atoms with van der Waals surface area (Å²) in [6.45, 7) is 6.60. The predicted octanol–water partition coefficient (Wildman–Crippen LogP) is 4.51. The van der Waals surface area contributed by atoms with Crippen LogP contribution in [0.3, 0.4) is 0 Å². The summed E-state index contributed by atoms with van der Waals surface area (Å²) in [7, 11) is 0. The van der Waals surface area contributed by atoms with Crippen LogP contribution in [-0.2, 0) is 6.18 Å². The van der Waals surface area contributed by atoms with Crippen molar-refractivity contribution in [3.8, 4) is 0 Å². The Kier molecular flexibility index (Phi) is 6.18. The van der Waals surface area contributed by atoms with Crippen molar-refractivity contribution in [1.29, 1.82) is 0 Å². The van der Waals surface area contributed by atoms with Crippen molar-refractivity contribution in [2.75, 3.05) is 17.2 Å². The number of amides is 1. The fourth-order valence-electron chi connectivity index (χ4n) is 2.20. The summed E-state index contributed by atoms with van der Waals surface area (Å²) in [6.07, 6.45) is -3.46. The van der Waals surface area contributed by atoms with Gasteiger partial charge in [0.05, 0.1) is 5.56 Å². The van der Waals surface area contributed by atoms with Crippen LogP contribution in [0.5, 0.6) is 0 Å². The van der Waals surface area contributed by atoms with E-state index in [0.29, 0.717) is 24.1 Å². The lowest BCUT2D eigenvalue weighted by Crippen LogP contribution is -2.16. The Morgan fingerprint density at radius 3 is 2.38 bits per heavy atom. The highest BCUT2D eigenvalue weighted by atomic mass is 19.4. The lowest BCUT2D eigenvalue weighted by molar-refractivity contribution is -0.137. The van der Waals surface area contributed by atoms with Gasteiger partial charge in [-0.15, -0.1) is 0 Å². The van der Waals surface area contributed by atoms with Gasteiger partial charge >= 0.3 is 6.18 Å². The van der Waals surface area contributed by atoms with E-state index >= 15 is 0 Å². The number of hydrogen-bond donors (Lipinski definition) is 2. The maximum Gasteiger partial charge on any atom is 0.416 e. The molecule has 0 unspecified atom stereocenters. The number of hydrogen-bond acceptors (Lipinski definition) is 4. The number of nitrogens with zero attached hydrogens (tertiary/aromatic N) is 2. The largest absolute Gasteiger partial charge is 0.416 e.